The van der Waals surface area contributed by atoms with Gasteiger partial charge in [-0.1, -0.05) is 48.2 Å². The van der Waals surface area contributed by atoms with Gasteiger partial charge in [-0.2, -0.15) is 0 Å². The Balaban J connectivity index is 1.76. The van der Waals surface area contributed by atoms with Crippen LogP contribution in [0.15, 0.2) is 83.1 Å². The average Bonchev–Trinajstić information content (AvgIpc) is 2.69. The van der Waals surface area contributed by atoms with Crippen molar-refractivity contribution in [2.75, 3.05) is 5.32 Å². The third kappa shape index (κ3) is 3.56. The molecular weight excluding hydrogens is 362 g/mol. The molecule has 0 spiro atoms. The van der Waals surface area contributed by atoms with Gasteiger partial charge in [0.15, 0.2) is 5.03 Å². The molecule has 0 amide bonds. The molecule has 1 N–H and O–H groups in total. The Morgan fingerprint density at radius 3 is 2.56 bits per heavy atom. The van der Waals surface area contributed by atoms with E-state index >= 15 is 0 Å². The summed E-state index contributed by atoms with van der Waals surface area (Å²) >= 11 is 1.20. The van der Waals surface area contributed by atoms with Crippen molar-refractivity contribution in [3.63, 3.8) is 0 Å². The van der Waals surface area contributed by atoms with Crippen molar-refractivity contribution in [1.82, 2.24) is 15.0 Å². The van der Waals surface area contributed by atoms with E-state index in [1.807, 2.05) is 60.7 Å². The van der Waals surface area contributed by atoms with Crippen LogP contribution in [0.4, 0.5) is 17.2 Å². The molecule has 0 fully saturated rings. The number of aromatic nitrogens is 3. The molecule has 7 nitrogen and oxygen atoms in total. The molecule has 27 heavy (non-hydrogen) atoms. The van der Waals surface area contributed by atoms with Crippen molar-refractivity contribution in [2.45, 2.75) is 9.92 Å². The number of pyridine rings is 1. The van der Waals surface area contributed by atoms with Crippen LogP contribution in [0.2, 0.25) is 0 Å². The van der Waals surface area contributed by atoms with Crippen molar-refractivity contribution in [2.24, 2.45) is 0 Å². The number of nitro groups is 1. The Kier molecular flexibility index (Phi) is 4.63. The molecule has 2 heterocycles. The largest absolute Gasteiger partial charge is 0.343 e. The summed E-state index contributed by atoms with van der Waals surface area (Å²) in [6.45, 7) is 0. The van der Waals surface area contributed by atoms with Crippen molar-refractivity contribution in [1.29, 1.82) is 0 Å². The molecule has 4 aromatic rings. The summed E-state index contributed by atoms with van der Waals surface area (Å²) in [6, 6.07) is 18.7. The summed E-state index contributed by atoms with van der Waals surface area (Å²) < 4.78 is 0. The number of rotatable bonds is 5. The van der Waals surface area contributed by atoms with Crippen LogP contribution in [0.5, 0.6) is 0 Å². The van der Waals surface area contributed by atoms with Gasteiger partial charge in [-0.15, -0.1) is 0 Å². The molecule has 4 rings (SSSR count). The van der Waals surface area contributed by atoms with Gasteiger partial charge >= 0.3 is 5.69 Å². The maximum Gasteiger partial charge on any atom is 0.343 e. The molecule has 132 valence electrons. The maximum absolute atomic E-state index is 11.7. The van der Waals surface area contributed by atoms with E-state index < -0.39 is 4.92 Å². The highest BCUT2D eigenvalue weighted by Crippen LogP contribution is 2.39. The molecular formula is C19H13N5O2S. The van der Waals surface area contributed by atoms with E-state index in [4.69, 9.17) is 0 Å². The lowest BCUT2D eigenvalue weighted by atomic mass is 10.2. The number of anilines is 2. The minimum absolute atomic E-state index is 0.150. The number of benzene rings is 2. The monoisotopic (exact) mass is 375 g/mol. The lowest BCUT2D eigenvalue weighted by molar-refractivity contribution is -0.387. The molecule has 2 aromatic heterocycles. The highest BCUT2D eigenvalue weighted by atomic mass is 32.2. The van der Waals surface area contributed by atoms with Crippen molar-refractivity contribution >= 4 is 39.9 Å². The highest BCUT2D eigenvalue weighted by Gasteiger charge is 2.24. The van der Waals surface area contributed by atoms with E-state index in [2.05, 4.69) is 20.3 Å². The molecule has 0 bridgehead atoms. The number of fused-ring (bicyclic) bond motifs is 1. The Hall–Kier alpha value is -3.52. The van der Waals surface area contributed by atoms with Crippen LogP contribution in [-0.4, -0.2) is 19.9 Å². The Morgan fingerprint density at radius 2 is 1.74 bits per heavy atom. The first-order chi connectivity index (χ1) is 13.2. The molecule has 8 heteroatoms. The fourth-order valence-electron chi connectivity index (χ4n) is 2.61. The molecule has 0 radical (unpaired) electrons. The topological polar surface area (TPSA) is 93.8 Å². The van der Waals surface area contributed by atoms with Crippen LogP contribution < -0.4 is 5.32 Å². The van der Waals surface area contributed by atoms with Gasteiger partial charge in [0.2, 0.25) is 5.82 Å². The summed E-state index contributed by atoms with van der Waals surface area (Å²) in [6.07, 6.45) is 3.02. The smallest absolute Gasteiger partial charge is 0.334 e. The number of nitrogens with zero attached hydrogens (tertiary/aromatic N) is 4. The normalized spacial score (nSPS) is 10.7. The molecule has 0 aliphatic rings. The van der Waals surface area contributed by atoms with Crippen LogP contribution >= 0.6 is 11.8 Å². The van der Waals surface area contributed by atoms with Gasteiger partial charge in [0, 0.05) is 22.2 Å². The Bertz CT molecular complexity index is 1120. The molecule has 2 aromatic carbocycles. The molecule has 0 aliphatic heterocycles. The second kappa shape index (κ2) is 7.38. The van der Waals surface area contributed by atoms with Crippen LogP contribution in [-0.2, 0) is 0 Å². The molecule has 0 atom stereocenters. The van der Waals surface area contributed by atoms with Gasteiger partial charge < -0.3 is 5.32 Å². The summed E-state index contributed by atoms with van der Waals surface area (Å²) in [5.41, 5.74) is 1.32. The van der Waals surface area contributed by atoms with E-state index in [1.165, 1.54) is 18.1 Å². The summed E-state index contributed by atoms with van der Waals surface area (Å²) in [5.74, 6) is 0.150. The fraction of sp³-hybridized carbons (Fsp3) is 0. The maximum atomic E-state index is 11.7. The number of hydrogen-bond donors (Lipinski definition) is 1. The lowest BCUT2D eigenvalue weighted by Gasteiger charge is -2.09. The van der Waals surface area contributed by atoms with Crippen LogP contribution in [0.3, 0.4) is 0 Å². The zero-order valence-corrected chi connectivity index (χ0v) is 14.8. The van der Waals surface area contributed by atoms with Gasteiger partial charge in [-0.05, 0) is 24.3 Å². The first-order valence-electron chi connectivity index (χ1n) is 8.05. The van der Waals surface area contributed by atoms with Gasteiger partial charge in [0.25, 0.3) is 0 Å². The summed E-state index contributed by atoms with van der Waals surface area (Å²) in [4.78, 5) is 24.7. The first kappa shape index (κ1) is 16.9. The van der Waals surface area contributed by atoms with Gasteiger partial charge in [0.1, 0.15) is 6.33 Å². The van der Waals surface area contributed by atoms with E-state index in [1.54, 1.807) is 6.20 Å². The van der Waals surface area contributed by atoms with Gasteiger partial charge in [-0.3, -0.25) is 15.1 Å². The Morgan fingerprint density at radius 1 is 0.926 bits per heavy atom. The van der Waals surface area contributed by atoms with E-state index in [-0.39, 0.29) is 16.5 Å². The average molecular weight is 375 g/mol. The minimum Gasteiger partial charge on any atom is -0.334 e. The second-order valence-corrected chi connectivity index (χ2v) is 6.59. The van der Waals surface area contributed by atoms with E-state index in [0.29, 0.717) is 5.69 Å². The van der Waals surface area contributed by atoms with Crippen LogP contribution in [0.25, 0.3) is 10.9 Å². The van der Waals surface area contributed by atoms with E-state index in [0.717, 1.165) is 15.8 Å². The molecule has 0 saturated heterocycles. The van der Waals surface area contributed by atoms with Gasteiger partial charge in [0.05, 0.1) is 10.4 Å². The SMILES string of the molecule is O=[N+]([O-])c1c(Nc2ccccc2)ncnc1Sc1cccc2cccnc12. The third-order valence-corrected chi connectivity index (χ3v) is 4.85. The quantitative estimate of drug-likeness (QED) is 0.303. The fourth-order valence-corrected chi connectivity index (χ4v) is 3.60. The standard InChI is InChI=1S/C19H13N5O2S/c25-24(26)17-18(23-14-8-2-1-3-9-14)21-12-22-19(17)27-15-10-4-6-13-7-5-11-20-16(13)15/h1-12H,(H,21,22,23). The zero-order valence-electron chi connectivity index (χ0n) is 13.9. The summed E-state index contributed by atoms with van der Waals surface area (Å²) in [5, 5.41) is 16.0. The minimum atomic E-state index is -0.466. The summed E-state index contributed by atoms with van der Waals surface area (Å²) in [7, 11) is 0. The molecule has 0 saturated carbocycles. The number of nitrogens with one attached hydrogen (secondary N) is 1. The van der Waals surface area contributed by atoms with Crippen molar-refractivity contribution < 1.29 is 4.92 Å². The molecule has 0 aliphatic carbocycles. The van der Waals surface area contributed by atoms with Crippen LogP contribution in [0, 0.1) is 10.1 Å². The molecule has 0 unspecified atom stereocenters. The highest BCUT2D eigenvalue weighted by molar-refractivity contribution is 7.99. The second-order valence-electron chi connectivity index (χ2n) is 5.56. The lowest BCUT2D eigenvalue weighted by Crippen LogP contribution is -2.02. The van der Waals surface area contributed by atoms with Gasteiger partial charge in [-0.25, -0.2) is 9.97 Å². The predicted molar refractivity (Wildman–Crippen MR) is 104 cm³/mol. The van der Waals surface area contributed by atoms with Crippen LogP contribution in [0.1, 0.15) is 0 Å². The van der Waals surface area contributed by atoms with Crippen molar-refractivity contribution in [3.8, 4) is 0 Å². The predicted octanol–water partition coefficient (Wildman–Crippen LogP) is 4.83. The van der Waals surface area contributed by atoms with E-state index in [9.17, 15) is 10.1 Å². The Labute approximate surface area is 158 Å². The third-order valence-electron chi connectivity index (χ3n) is 3.81. The first-order valence-corrected chi connectivity index (χ1v) is 8.87. The number of para-hydroxylation sites is 2. The van der Waals surface area contributed by atoms with Crippen molar-refractivity contribution in [3.05, 3.63) is 83.3 Å². The zero-order chi connectivity index (χ0) is 18.6. The number of hydrogen-bond acceptors (Lipinski definition) is 7.